The summed E-state index contributed by atoms with van der Waals surface area (Å²) in [7, 11) is 3.17. The second-order valence-electron chi connectivity index (χ2n) is 7.96. The van der Waals surface area contributed by atoms with E-state index < -0.39 is 0 Å². The van der Waals surface area contributed by atoms with Crippen LogP contribution in [0.3, 0.4) is 0 Å². The summed E-state index contributed by atoms with van der Waals surface area (Å²) >= 11 is 0. The number of hydrogen-bond acceptors (Lipinski definition) is 7. The van der Waals surface area contributed by atoms with Crippen molar-refractivity contribution in [2.45, 2.75) is 19.8 Å². The fourth-order valence-corrected chi connectivity index (χ4v) is 4.13. The van der Waals surface area contributed by atoms with Gasteiger partial charge in [0.25, 0.3) is 5.91 Å². The average Bonchev–Trinajstić information content (AvgIpc) is 3.38. The molecule has 3 aromatic rings. The normalized spacial score (nSPS) is 14.0. The van der Waals surface area contributed by atoms with Crippen LogP contribution in [0.15, 0.2) is 53.1 Å². The molecule has 1 fully saturated rings. The monoisotopic (exact) mass is 464 g/mol. The van der Waals surface area contributed by atoms with Gasteiger partial charge in [-0.2, -0.15) is 0 Å². The highest BCUT2D eigenvalue weighted by Gasteiger charge is 2.30. The molecule has 4 rings (SSSR count). The summed E-state index contributed by atoms with van der Waals surface area (Å²) in [5, 5.41) is 0. The number of ether oxygens (including phenoxy) is 3. The molecule has 0 unspecified atom stereocenters. The SMILES string of the molecule is CCOC(=O)C1CCN(C(=O)c2ccccc2-c2ncc(-c3ccc(OC)cc3OC)o2)CC1. The van der Waals surface area contributed by atoms with Crippen molar-refractivity contribution in [2.75, 3.05) is 33.9 Å². The van der Waals surface area contributed by atoms with Crippen LogP contribution >= 0.6 is 0 Å². The van der Waals surface area contributed by atoms with Gasteiger partial charge in [0.15, 0.2) is 5.76 Å². The van der Waals surface area contributed by atoms with E-state index >= 15 is 0 Å². The lowest BCUT2D eigenvalue weighted by Crippen LogP contribution is -2.40. The van der Waals surface area contributed by atoms with Gasteiger partial charge in [0.1, 0.15) is 11.5 Å². The van der Waals surface area contributed by atoms with E-state index in [1.807, 2.05) is 30.3 Å². The minimum atomic E-state index is -0.184. The highest BCUT2D eigenvalue weighted by molar-refractivity contribution is 6.00. The van der Waals surface area contributed by atoms with E-state index in [-0.39, 0.29) is 17.8 Å². The zero-order valence-corrected chi connectivity index (χ0v) is 19.6. The van der Waals surface area contributed by atoms with Gasteiger partial charge < -0.3 is 23.5 Å². The molecule has 2 aromatic carbocycles. The van der Waals surface area contributed by atoms with Crippen molar-refractivity contribution in [3.05, 3.63) is 54.2 Å². The van der Waals surface area contributed by atoms with Crippen LogP contribution in [0.5, 0.6) is 11.5 Å². The summed E-state index contributed by atoms with van der Waals surface area (Å²) in [5.74, 6) is 1.67. The predicted octanol–water partition coefficient (Wildman–Crippen LogP) is 4.44. The number of methoxy groups -OCH3 is 2. The molecular formula is C26H28N2O6. The maximum Gasteiger partial charge on any atom is 0.309 e. The number of rotatable bonds is 7. The van der Waals surface area contributed by atoms with Crippen molar-refractivity contribution in [1.82, 2.24) is 9.88 Å². The molecule has 1 saturated heterocycles. The third kappa shape index (κ3) is 4.76. The summed E-state index contributed by atoms with van der Waals surface area (Å²) in [5.41, 5.74) is 1.85. The minimum Gasteiger partial charge on any atom is -0.497 e. The van der Waals surface area contributed by atoms with Crippen molar-refractivity contribution in [3.8, 4) is 34.3 Å². The van der Waals surface area contributed by atoms with E-state index in [9.17, 15) is 9.59 Å². The minimum absolute atomic E-state index is 0.111. The molecule has 8 nitrogen and oxygen atoms in total. The van der Waals surface area contributed by atoms with E-state index in [0.717, 1.165) is 5.56 Å². The first-order valence-electron chi connectivity index (χ1n) is 11.3. The average molecular weight is 465 g/mol. The Hall–Kier alpha value is -3.81. The lowest BCUT2D eigenvalue weighted by molar-refractivity contribution is -0.149. The van der Waals surface area contributed by atoms with Crippen LogP contribution < -0.4 is 9.47 Å². The Balaban J connectivity index is 1.56. The first-order valence-corrected chi connectivity index (χ1v) is 11.3. The lowest BCUT2D eigenvalue weighted by Gasteiger charge is -2.31. The van der Waals surface area contributed by atoms with Gasteiger partial charge in [0.05, 0.1) is 44.1 Å². The van der Waals surface area contributed by atoms with Gasteiger partial charge in [-0.25, -0.2) is 4.98 Å². The number of piperidine rings is 1. The van der Waals surface area contributed by atoms with Gasteiger partial charge in [-0.3, -0.25) is 9.59 Å². The van der Waals surface area contributed by atoms with Gasteiger partial charge in [-0.15, -0.1) is 0 Å². The second kappa shape index (κ2) is 10.4. The first kappa shape index (κ1) is 23.4. The third-order valence-electron chi connectivity index (χ3n) is 5.97. The van der Waals surface area contributed by atoms with Crippen molar-refractivity contribution < 1.29 is 28.2 Å². The summed E-state index contributed by atoms with van der Waals surface area (Å²) in [6, 6.07) is 12.7. The number of amides is 1. The molecular weight excluding hydrogens is 436 g/mol. The number of benzene rings is 2. The van der Waals surface area contributed by atoms with Crippen molar-refractivity contribution in [1.29, 1.82) is 0 Å². The fraction of sp³-hybridized carbons (Fsp3) is 0.346. The van der Waals surface area contributed by atoms with E-state index in [1.165, 1.54) is 0 Å². The first-order chi connectivity index (χ1) is 16.5. The Morgan fingerprint density at radius 1 is 1.06 bits per heavy atom. The van der Waals surface area contributed by atoms with Crippen molar-refractivity contribution in [2.24, 2.45) is 5.92 Å². The Labute approximate surface area is 198 Å². The van der Waals surface area contributed by atoms with Crippen LogP contribution in [0.2, 0.25) is 0 Å². The molecule has 0 bridgehead atoms. The number of nitrogens with zero attached hydrogens (tertiary/aromatic N) is 2. The van der Waals surface area contributed by atoms with Crippen LogP contribution in [-0.2, 0) is 9.53 Å². The topological polar surface area (TPSA) is 91.1 Å². The molecule has 1 aromatic heterocycles. The second-order valence-corrected chi connectivity index (χ2v) is 7.96. The molecule has 0 atom stereocenters. The van der Waals surface area contributed by atoms with Crippen LogP contribution in [0.1, 0.15) is 30.1 Å². The molecule has 8 heteroatoms. The Morgan fingerprint density at radius 3 is 2.53 bits per heavy atom. The Bertz CT molecular complexity index is 1160. The van der Waals surface area contributed by atoms with E-state index in [0.29, 0.717) is 66.8 Å². The van der Waals surface area contributed by atoms with Gasteiger partial charge >= 0.3 is 5.97 Å². The molecule has 0 saturated carbocycles. The quantitative estimate of drug-likeness (QED) is 0.477. The zero-order valence-electron chi connectivity index (χ0n) is 19.6. The number of likely N-dealkylation sites (tertiary alicyclic amines) is 1. The smallest absolute Gasteiger partial charge is 0.309 e. The summed E-state index contributed by atoms with van der Waals surface area (Å²) in [4.78, 5) is 31.6. The number of oxazole rings is 1. The highest BCUT2D eigenvalue weighted by atomic mass is 16.5. The molecule has 2 heterocycles. The van der Waals surface area contributed by atoms with Gasteiger partial charge in [-0.1, -0.05) is 12.1 Å². The molecule has 0 radical (unpaired) electrons. The molecule has 1 aliphatic heterocycles. The van der Waals surface area contributed by atoms with Crippen molar-refractivity contribution in [3.63, 3.8) is 0 Å². The molecule has 1 amide bonds. The number of aromatic nitrogens is 1. The van der Waals surface area contributed by atoms with E-state index in [4.69, 9.17) is 18.6 Å². The van der Waals surface area contributed by atoms with Gasteiger partial charge in [0, 0.05) is 24.7 Å². The maximum absolute atomic E-state index is 13.4. The van der Waals surface area contributed by atoms with Gasteiger partial charge in [0.2, 0.25) is 5.89 Å². The van der Waals surface area contributed by atoms with Crippen LogP contribution in [0.4, 0.5) is 0 Å². The molecule has 1 aliphatic rings. The molecule has 0 N–H and O–H groups in total. The number of esters is 1. The van der Waals surface area contributed by atoms with Crippen LogP contribution in [-0.4, -0.2) is 55.7 Å². The van der Waals surface area contributed by atoms with Crippen LogP contribution in [0, 0.1) is 5.92 Å². The third-order valence-corrected chi connectivity index (χ3v) is 5.97. The van der Waals surface area contributed by atoms with Crippen molar-refractivity contribution >= 4 is 11.9 Å². The maximum atomic E-state index is 13.4. The number of carbonyl (C=O) groups is 2. The largest absolute Gasteiger partial charge is 0.497 e. The summed E-state index contributed by atoms with van der Waals surface area (Å²) in [6.07, 6.45) is 2.80. The highest BCUT2D eigenvalue weighted by Crippen LogP contribution is 2.36. The lowest BCUT2D eigenvalue weighted by atomic mass is 9.96. The standard InChI is InChI=1S/C26H28N2O6/c1-4-33-26(30)17-11-13-28(14-12-17)25(29)20-8-6-5-7-19(20)24-27-16-23(34-24)21-10-9-18(31-2)15-22(21)32-3/h5-10,15-17H,4,11-14H2,1-3H3. The molecule has 178 valence electrons. The molecule has 0 aliphatic carbocycles. The Morgan fingerprint density at radius 2 is 1.82 bits per heavy atom. The number of carbonyl (C=O) groups excluding carboxylic acids is 2. The van der Waals surface area contributed by atoms with Gasteiger partial charge in [-0.05, 0) is 44.0 Å². The Kier molecular flexibility index (Phi) is 7.15. The zero-order chi connectivity index (χ0) is 24.1. The number of hydrogen-bond donors (Lipinski definition) is 0. The molecule has 34 heavy (non-hydrogen) atoms. The van der Waals surface area contributed by atoms with E-state index in [1.54, 1.807) is 44.4 Å². The fourth-order valence-electron chi connectivity index (χ4n) is 4.13. The molecule has 0 spiro atoms. The van der Waals surface area contributed by atoms with Crippen LogP contribution in [0.25, 0.3) is 22.8 Å². The predicted molar refractivity (Wildman–Crippen MR) is 126 cm³/mol. The van der Waals surface area contributed by atoms with E-state index in [2.05, 4.69) is 4.98 Å². The summed E-state index contributed by atoms with van der Waals surface area (Å²) in [6.45, 7) is 3.16. The summed E-state index contributed by atoms with van der Waals surface area (Å²) < 4.78 is 21.9.